The Balaban J connectivity index is 1.90. The van der Waals surface area contributed by atoms with Crippen LogP contribution in [-0.2, 0) is 0 Å². The van der Waals surface area contributed by atoms with Gasteiger partial charge in [-0.2, -0.15) is 0 Å². The first kappa shape index (κ1) is 12.1. The Bertz CT molecular complexity index is 346. The molecule has 1 aromatic carbocycles. The van der Waals surface area contributed by atoms with Crippen molar-refractivity contribution >= 4 is 23.2 Å². The standard InChI is InChI=1S/C13H16Cl2O/c14-11-6-7-12(15)13(8-11)16-9-10-4-2-1-3-5-10/h6-8,10H,1-5,9H2. The summed E-state index contributed by atoms with van der Waals surface area (Å²) in [5.41, 5.74) is 0. The summed E-state index contributed by atoms with van der Waals surface area (Å²) >= 11 is 11.9. The zero-order valence-corrected chi connectivity index (χ0v) is 10.7. The van der Waals surface area contributed by atoms with Crippen molar-refractivity contribution in [1.82, 2.24) is 0 Å². The van der Waals surface area contributed by atoms with Gasteiger partial charge in [0.2, 0.25) is 0 Å². The molecule has 2 rings (SSSR count). The van der Waals surface area contributed by atoms with Gasteiger partial charge in [0.25, 0.3) is 0 Å². The summed E-state index contributed by atoms with van der Waals surface area (Å²) in [7, 11) is 0. The Morgan fingerprint density at radius 1 is 1.12 bits per heavy atom. The first-order valence-electron chi connectivity index (χ1n) is 5.83. The predicted molar refractivity (Wildman–Crippen MR) is 68.5 cm³/mol. The average molecular weight is 259 g/mol. The van der Waals surface area contributed by atoms with Crippen molar-refractivity contribution in [3.8, 4) is 5.75 Å². The maximum atomic E-state index is 6.03. The lowest BCUT2D eigenvalue weighted by atomic mass is 9.90. The monoisotopic (exact) mass is 258 g/mol. The van der Waals surface area contributed by atoms with E-state index in [1.54, 1.807) is 18.2 Å². The van der Waals surface area contributed by atoms with Crippen molar-refractivity contribution in [3.63, 3.8) is 0 Å². The molecule has 0 atom stereocenters. The van der Waals surface area contributed by atoms with Gasteiger partial charge in [-0.05, 0) is 30.9 Å². The minimum absolute atomic E-state index is 0.639. The Kier molecular flexibility index (Phi) is 4.37. The van der Waals surface area contributed by atoms with Crippen LogP contribution in [-0.4, -0.2) is 6.61 Å². The average Bonchev–Trinajstić information content (AvgIpc) is 2.32. The van der Waals surface area contributed by atoms with Crippen LogP contribution < -0.4 is 4.74 Å². The van der Waals surface area contributed by atoms with Crippen molar-refractivity contribution < 1.29 is 4.74 Å². The van der Waals surface area contributed by atoms with Crippen LogP contribution in [0.3, 0.4) is 0 Å². The lowest BCUT2D eigenvalue weighted by molar-refractivity contribution is 0.209. The highest BCUT2D eigenvalue weighted by Crippen LogP contribution is 2.30. The van der Waals surface area contributed by atoms with Gasteiger partial charge in [-0.3, -0.25) is 0 Å². The molecule has 0 heterocycles. The second kappa shape index (κ2) is 5.79. The van der Waals surface area contributed by atoms with Crippen LogP contribution in [0.2, 0.25) is 10.0 Å². The van der Waals surface area contributed by atoms with Crippen molar-refractivity contribution in [3.05, 3.63) is 28.2 Å². The molecule has 3 heteroatoms. The molecule has 0 bridgehead atoms. The molecule has 88 valence electrons. The molecule has 16 heavy (non-hydrogen) atoms. The molecular weight excluding hydrogens is 243 g/mol. The Labute approximate surface area is 107 Å². The Morgan fingerprint density at radius 2 is 1.88 bits per heavy atom. The van der Waals surface area contributed by atoms with Crippen molar-refractivity contribution in [2.75, 3.05) is 6.61 Å². The van der Waals surface area contributed by atoms with E-state index in [1.807, 2.05) is 0 Å². The van der Waals surface area contributed by atoms with Gasteiger partial charge in [-0.25, -0.2) is 0 Å². The van der Waals surface area contributed by atoms with Crippen molar-refractivity contribution in [2.45, 2.75) is 32.1 Å². The van der Waals surface area contributed by atoms with Gasteiger partial charge < -0.3 is 4.74 Å². The van der Waals surface area contributed by atoms with Gasteiger partial charge in [0.1, 0.15) is 5.75 Å². The van der Waals surface area contributed by atoms with Gasteiger partial charge in [-0.1, -0.05) is 42.5 Å². The maximum absolute atomic E-state index is 6.03. The number of benzene rings is 1. The highest BCUT2D eigenvalue weighted by molar-refractivity contribution is 6.34. The van der Waals surface area contributed by atoms with E-state index in [1.165, 1.54) is 32.1 Å². The molecule has 0 spiro atoms. The van der Waals surface area contributed by atoms with Gasteiger partial charge in [0.05, 0.1) is 11.6 Å². The van der Waals surface area contributed by atoms with E-state index in [4.69, 9.17) is 27.9 Å². The molecule has 0 aromatic heterocycles. The smallest absolute Gasteiger partial charge is 0.139 e. The van der Waals surface area contributed by atoms with Gasteiger partial charge in [0, 0.05) is 11.1 Å². The molecule has 0 amide bonds. The molecular formula is C13H16Cl2O. The van der Waals surface area contributed by atoms with Gasteiger partial charge >= 0.3 is 0 Å². The van der Waals surface area contributed by atoms with Crippen LogP contribution in [0, 0.1) is 5.92 Å². The molecule has 1 aliphatic rings. The Morgan fingerprint density at radius 3 is 2.62 bits per heavy atom. The van der Waals surface area contributed by atoms with Crippen LogP contribution in [0.25, 0.3) is 0 Å². The predicted octanol–water partition coefficient (Wildman–Crippen LogP) is 4.95. The molecule has 1 aliphatic carbocycles. The summed E-state index contributed by atoms with van der Waals surface area (Å²) in [5, 5.41) is 1.31. The lowest BCUT2D eigenvalue weighted by Gasteiger charge is -2.21. The fourth-order valence-corrected chi connectivity index (χ4v) is 2.48. The normalized spacial score (nSPS) is 17.4. The molecule has 1 aromatic rings. The molecule has 0 N–H and O–H groups in total. The summed E-state index contributed by atoms with van der Waals surface area (Å²) in [6.07, 6.45) is 6.58. The van der Waals surface area contributed by atoms with E-state index in [2.05, 4.69) is 0 Å². The van der Waals surface area contributed by atoms with E-state index >= 15 is 0 Å². The minimum Gasteiger partial charge on any atom is -0.492 e. The fourth-order valence-electron chi connectivity index (χ4n) is 2.15. The van der Waals surface area contributed by atoms with Gasteiger partial charge in [-0.15, -0.1) is 0 Å². The van der Waals surface area contributed by atoms with Crippen LogP contribution >= 0.6 is 23.2 Å². The highest BCUT2D eigenvalue weighted by Gasteiger charge is 2.14. The third kappa shape index (κ3) is 3.29. The zero-order chi connectivity index (χ0) is 11.4. The van der Waals surface area contributed by atoms with E-state index in [0.29, 0.717) is 21.7 Å². The molecule has 0 radical (unpaired) electrons. The van der Waals surface area contributed by atoms with E-state index in [-0.39, 0.29) is 0 Å². The summed E-state index contributed by atoms with van der Waals surface area (Å²) in [6, 6.07) is 5.34. The molecule has 1 nitrogen and oxygen atoms in total. The highest BCUT2D eigenvalue weighted by atomic mass is 35.5. The van der Waals surface area contributed by atoms with Crippen LogP contribution in [0.4, 0.5) is 0 Å². The van der Waals surface area contributed by atoms with E-state index in [0.717, 1.165) is 6.61 Å². The summed E-state index contributed by atoms with van der Waals surface area (Å²) in [6.45, 7) is 0.764. The number of ether oxygens (including phenoxy) is 1. The molecule has 1 fully saturated rings. The second-order valence-corrected chi connectivity index (χ2v) is 5.23. The van der Waals surface area contributed by atoms with Crippen LogP contribution in [0.1, 0.15) is 32.1 Å². The SMILES string of the molecule is Clc1ccc(Cl)c(OCC2CCCCC2)c1. The van der Waals surface area contributed by atoms with Crippen LogP contribution in [0.5, 0.6) is 5.75 Å². The Hall–Kier alpha value is -0.400. The third-order valence-corrected chi connectivity index (χ3v) is 3.64. The quantitative estimate of drug-likeness (QED) is 0.746. The topological polar surface area (TPSA) is 9.23 Å². The third-order valence-electron chi connectivity index (χ3n) is 3.09. The largest absolute Gasteiger partial charge is 0.492 e. The molecule has 0 aliphatic heterocycles. The molecule has 0 unspecified atom stereocenters. The first-order chi connectivity index (χ1) is 7.75. The lowest BCUT2D eigenvalue weighted by Crippen LogP contribution is -2.15. The number of rotatable bonds is 3. The number of hydrogen-bond donors (Lipinski definition) is 0. The zero-order valence-electron chi connectivity index (χ0n) is 9.22. The van der Waals surface area contributed by atoms with Crippen molar-refractivity contribution in [1.29, 1.82) is 0 Å². The summed E-state index contributed by atoms with van der Waals surface area (Å²) in [5.74, 6) is 1.39. The molecule has 0 saturated heterocycles. The minimum atomic E-state index is 0.639. The number of hydrogen-bond acceptors (Lipinski definition) is 1. The van der Waals surface area contributed by atoms with Crippen molar-refractivity contribution in [2.24, 2.45) is 5.92 Å². The summed E-state index contributed by atoms with van der Waals surface area (Å²) < 4.78 is 5.74. The maximum Gasteiger partial charge on any atom is 0.139 e. The van der Waals surface area contributed by atoms with Gasteiger partial charge in [0.15, 0.2) is 0 Å². The molecule has 1 saturated carbocycles. The van der Waals surface area contributed by atoms with E-state index in [9.17, 15) is 0 Å². The fraction of sp³-hybridized carbons (Fsp3) is 0.538. The van der Waals surface area contributed by atoms with Crippen LogP contribution in [0.15, 0.2) is 18.2 Å². The number of halogens is 2. The summed E-state index contributed by atoms with van der Waals surface area (Å²) in [4.78, 5) is 0. The first-order valence-corrected chi connectivity index (χ1v) is 6.59. The van der Waals surface area contributed by atoms with E-state index < -0.39 is 0 Å². The second-order valence-electron chi connectivity index (χ2n) is 4.39.